The molecule has 33 heavy (non-hydrogen) atoms. The summed E-state index contributed by atoms with van der Waals surface area (Å²) in [5.41, 5.74) is 4.69. The van der Waals surface area contributed by atoms with Gasteiger partial charge in [0.15, 0.2) is 10.8 Å². The van der Waals surface area contributed by atoms with Crippen LogP contribution in [0.3, 0.4) is 0 Å². The summed E-state index contributed by atoms with van der Waals surface area (Å²) in [6.07, 6.45) is 7.02. The van der Waals surface area contributed by atoms with Gasteiger partial charge in [0.05, 0.1) is 24.1 Å². The summed E-state index contributed by atoms with van der Waals surface area (Å²) in [5, 5.41) is 12.7. The van der Waals surface area contributed by atoms with Crippen molar-refractivity contribution >= 4 is 27.5 Å². The maximum absolute atomic E-state index is 9.50. The van der Waals surface area contributed by atoms with Crippen LogP contribution in [-0.4, -0.2) is 39.2 Å². The average molecular weight is 459 g/mol. The standard InChI is InChI=1S/C25H26N6OS/c1-17-13-19(20-14-22-24(21(15-26)29-20)28-16-30(22)2)3-4-23(17)32-11-7-18-5-9-31(10-6-18)25-27-8-12-33-25/h3-4,8,12-14,16,18H,5-7,9-11H2,1-2H3. The second kappa shape index (κ2) is 9.20. The number of pyridine rings is 1. The number of aromatic nitrogens is 4. The molecule has 7 nitrogen and oxygen atoms in total. The van der Waals surface area contributed by atoms with Gasteiger partial charge in [-0.05, 0) is 61.9 Å². The van der Waals surface area contributed by atoms with Crippen LogP contribution < -0.4 is 9.64 Å². The number of piperidine rings is 1. The molecule has 0 spiro atoms. The first-order chi connectivity index (χ1) is 16.1. The van der Waals surface area contributed by atoms with Crippen molar-refractivity contribution in [2.45, 2.75) is 26.2 Å². The summed E-state index contributed by atoms with van der Waals surface area (Å²) in [4.78, 5) is 15.6. The number of thiazole rings is 1. The van der Waals surface area contributed by atoms with E-state index in [1.165, 1.54) is 12.8 Å². The highest BCUT2D eigenvalue weighted by molar-refractivity contribution is 7.13. The molecule has 4 heterocycles. The number of hydrogen-bond acceptors (Lipinski definition) is 7. The molecule has 1 saturated heterocycles. The highest BCUT2D eigenvalue weighted by atomic mass is 32.1. The highest BCUT2D eigenvalue weighted by Gasteiger charge is 2.21. The van der Waals surface area contributed by atoms with Gasteiger partial charge in [-0.2, -0.15) is 5.26 Å². The van der Waals surface area contributed by atoms with Crippen LogP contribution in [0.2, 0.25) is 0 Å². The zero-order valence-corrected chi connectivity index (χ0v) is 19.7. The molecule has 168 valence electrons. The van der Waals surface area contributed by atoms with Gasteiger partial charge in [0, 0.05) is 37.3 Å². The second-order valence-electron chi connectivity index (χ2n) is 8.55. The lowest BCUT2D eigenvalue weighted by Gasteiger charge is -2.31. The molecule has 0 amide bonds. The van der Waals surface area contributed by atoms with Crippen LogP contribution >= 0.6 is 11.3 Å². The van der Waals surface area contributed by atoms with Crippen molar-refractivity contribution < 1.29 is 4.74 Å². The zero-order chi connectivity index (χ0) is 22.8. The normalized spacial score (nSPS) is 14.5. The van der Waals surface area contributed by atoms with Crippen molar-refractivity contribution in [1.82, 2.24) is 19.5 Å². The van der Waals surface area contributed by atoms with Crippen LogP contribution in [0.1, 0.15) is 30.5 Å². The lowest BCUT2D eigenvalue weighted by Crippen LogP contribution is -2.34. The fraction of sp³-hybridized carbons (Fsp3) is 0.360. The van der Waals surface area contributed by atoms with Gasteiger partial charge >= 0.3 is 0 Å². The van der Waals surface area contributed by atoms with E-state index in [1.807, 2.05) is 41.4 Å². The van der Waals surface area contributed by atoms with Crippen LogP contribution in [0.5, 0.6) is 5.75 Å². The summed E-state index contributed by atoms with van der Waals surface area (Å²) in [6, 6.07) is 10.3. The monoisotopic (exact) mass is 458 g/mol. The van der Waals surface area contributed by atoms with E-state index in [2.05, 4.69) is 38.9 Å². The Morgan fingerprint density at radius 3 is 2.79 bits per heavy atom. The number of ether oxygens (including phenoxy) is 1. The summed E-state index contributed by atoms with van der Waals surface area (Å²) >= 11 is 1.72. The van der Waals surface area contributed by atoms with Gasteiger partial charge in [-0.3, -0.25) is 0 Å². The van der Waals surface area contributed by atoms with Crippen LogP contribution in [0.4, 0.5) is 5.13 Å². The molecule has 0 saturated carbocycles. The maximum Gasteiger partial charge on any atom is 0.185 e. The van der Waals surface area contributed by atoms with Gasteiger partial charge in [-0.15, -0.1) is 11.3 Å². The number of nitrogens with zero attached hydrogens (tertiary/aromatic N) is 6. The Morgan fingerprint density at radius 1 is 1.21 bits per heavy atom. The van der Waals surface area contributed by atoms with Crippen LogP contribution in [0.25, 0.3) is 22.3 Å². The molecule has 0 N–H and O–H groups in total. The van der Waals surface area contributed by atoms with E-state index in [0.717, 1.165) is 59.3 Å². The molecule has 1 aliphatic heterocycles. The molecule has 0 bridgehead atoms. The lowest BCUT2D eigenvalue weighted by atomic mass is 9.94. The Hall–Kier alpha value is -3.44. The zero-order valence-electron chi connectivity index (χ0n) is 18.9. The second-order valence-corrected chi connectivity index (χ2v) is 9.43. The molecule has 0 aliphatic carbocycles. The minimum absolute atomic E-state index is 0.349. The molecule has 8 heteroatoms. The highest BCUT2D eigenvalue weighted by Crippen LogP contribution is 2.30. The minimum atomic E-state index is 0.349. The smallest absolute Gasteiger partial charge is 0.185 e. The molecule has 1 fully saturated rings. The van der Waals surface area contributed by atoms with Crippen molar-refractivity contribution in [3.8, 4) is 23.1 Å². The first kappa shape index (κ1) is 21.4. The van der Waals surface area contributed by atoms with Gasteiger partial charge in [-0.1, -0.05) is 0 Å². The van der Waals surface area contributed by atoms with Gasteiger partial charge in [-0.25, -0.2) is 15.0 Å². The number of nitriles is 1. The third kappa shape index (κ3) is 4.41. The van der Waals surface area contributed by atoms with Crippen molar-refractivity contribution in [3.05, 3.63) is 53.4 Å². The SMILES string of the molecule is Cc1cc(-c2cc3c(ncn3C)c(C#N)n2)ccc1OCCC1CCN(c2nccs2)CC1. The average Bonchev–Trinajstić information content (AvgIpc) is 3.50. The predicted molar refractivity (Wildman–Crippen MR) is 131 cm³/mol. The van der Waals surface area contributed by atoms with Crippen molar-refractivity contribution in [2.24, 2.45) is 13.0 Å². The van der Waals surface area contributed by atoms with Crippen molar-refractivity contribution in [3.63, 3.8) is 0 Å². The maximum atomic E-state index is 9.50. The molecular weight excluding hydrogens is 432 g/mol. The number of imidazole rings is 1. The molecule has 4 aromatic rings. The van der Waals surface area contributed by atoms with Crippen LogP contribution in [0.15, 0.2) is 42.2 Å². The van der Waals surface area contributed by atoms with E-state index in [1.54, 1.807) is 17.7 Å². The number of hydrogen-bond donors (Lipinski definition) is 0. The van der Waals surface area contributed by atoms with Gasteiger partial charge < -0.3 is 14.2 Å². The summed E-state index contributed by atoms with van der Waals surface area (Å²) < 4.78 is 8.05. The largest absolute Gasteiger partial charge is 0.493 e. The number of aryl methyl sites for hydroxylation is 2. The topological polar surface area (TPSA) is 79.9 Å². The van der Waals surface area contributed by atoms with E-state index in [-0.39, 0.29) is 0 Å². The fourth-order valence-corrected chi connectivity index (χ4v) is 5.14. The molecule has 5 rings (SSSR count). The summed E-state index contributed by atoms with van der Waals surface area (Å²) in [6.45, 7) is 4.92. The predicted octanol–water partition coefficient (Wildman–Crippen LogP) is 4.96. The minimum Gasteiger partial charge on any atom is -0.493 e. The van der Waals surface area contributed by atoms with E-state index in [4.69, 9.17) is 4.74 Å². The van der Waals surface area contributed by atoms with Gasteiger partial charge in [0.25, 0.3) is 0 Å². The number of fused-ring (bicyclic) bond motifs is 1. The Morgan fingerprint density at radius 2 is 2.06 bits per heavy atom. The van der Waals surface area contributed by atoms with E-state index in [0.29, 0.717) is 17.1 Å². The van der Waals surface area contributed by atoms with E-state index >= 15 is 0 Å². The molecular formula is C25H26N6OS. The number of anilines is 1. The quantitative estimate of drug-likeness (QED) is 0.406. The van der Waals surface area contributed by atoms with Crippen LogP contribution in [-0.2, 0) is 7.05 Å². The van der Waals surface area contributed by atoms with Gasteiger partial charge in [0.2, 0.25) is 0 Å². The van der Waals surface area contributed by atoms with Gasteiger partial charge in [0.1, 0.15) is 17.3 Å². The van der Waals surface area contributed by atoms with Crippen LogP contribution in [0, 0.1) is 24.2 Å². The summed E-state index contributed by atoms with van der Waals surface area (Å²) in [7, 11) is 1.92. The molecule has 3 aromatic heterocycles. The summed E-state index contributed by atoms with van der Waals surface area (Å²) in [5.74, 6) is 1.60. The van der Waals surface area contributed by atoms with E-state index < -0.39 is 0 Å². The first-order valence-electron chi connectivity index (χ1n) is 11.2. The molecule has 0 radical (unpaired) electrons. The molecule has 1 aromatic carbocycles. The Labute approximate surface area is 197 Å². The van der Waals surface area contributed by atoms with Crippen molar-refractivity contribution in [1.29, 1.82) is 5.26 Å². The molecule has 0 unspecified atom stereocenters. The third-order valence-electron chi connectivity index (χ3n) is 6.38. The first-order valence-corrected chi connectivity index (χ1v) is 12.1. The Bertz CT molecular complexity index is 1300. The Kier molecular flexibility index (Phi) is 5.97. The molecule has 1 aliphatic rings. The fourth-order valence-electron chi connectivity index (χ4n) is 4.44. The molecule has 0 atom stereocenters. The number of benzene rings is 1. The lowest BCUT2D eigenvalue weighted by molar-refractivity contribution is 0.257. The van der Waals surface area contributed by atoms with Crippen molar-refractivity contribution in [2.75, 3.05) is 24.6 Å². The third-order valence-corrected chi connectivity index (χ3v) is 7.21. The van der Waals surface area contributed by atoms with E-state index in [9.17, 15) is 5.26 Å². The Balaban J connectivity index is 1.21. The number of rotatable bonds is 6.